The molecule has 0 saturated heterocycles. The number of benzene rings is 2. The molecule has 0 spiro atoms. The Morgan fingerprint density at radius 1 is 1.03 bits per heavy atom. The molecule has 0 aromatic heterocycles. The van der Waals surface area contributed by atoms with Gasteiger partial charge in [0.25, 0.3) is 0 Å². The molecule has 2 N–H and O–H groups in total. The Morgan fingerprint density at radius 3 is 2.36 bits per heavy atom. The number of esters is 1. The third kappa shape index (κ3) is 5.58. The van der Waals surface area contributed by atoms with Crippen molar-refractivity contribution in [3.8, 4) is 17.2 Å². The molecule has 0 aliphatic carbocycles. The van der Waals surface area contributed by atoms with Gasteiger partial charge in [0.2, 0.25) is 0 Å². The van der Waals surface area contributed by atoms with Crippen molar-refractivity contribution >= 4 is 12.0 Å². The number of hydrogen-bond donors (Lipinski definition) is 2. The molecule has 0 fully saturated rings. The van der Waals surface area contributed by atoms with Crippen LogP contribution in [-0.4, -0.2) is 32.8 Å². The Kier molecular flexibility index (Phi) is 7.82. The second-order valence-electron chi connectivity index (χ2n) is 7.78. The molecule has 1 heterocycles. The maximum absolute atomic E-state index is 12.8. The van der Waals surface area contributed by atoms with E-state index >= 15 is 0 Å². The van der Waals surface area contributed by atoms with Crippen LogP contribution in [0.5, 0.6) is 17.2 Å². The Balaban J connectivity index is 1.90. The quantitative estimate of drug-likeness (QED) is 0.554. The lowest BCUT2D eigenvalue weighted by atomic mass is 9.91. The van der Waals surface area contributed by atoms with Crippen LogP contribution in [0.3, 0.4) is 0 Å². The summed E-state index contributed by atoms with van der Waals surface area (Å²) in [5, 5.41) is 5.58. The zero-order valence-corrected chi connectivity index (χ0v) is 19.6. The molecule has 0 radical (unpaired) electrons. The number of carbonyl (C=O) groups excluding carboxylic acids is 2. The van der Waals surface area contributed by atoms with Crippen molar-refractivity contribution in [1.29, 1.82) is 0 Å². The second kappa shape index (κ2) is 10.8. The van der Waals surface area contributed by atoms with E-state index in [1.807, 2.05) is 38.1 Å². The minimum absolute atomic E-state index is 0.0769. The minimum Gasteiger partial charge on any atom is -0.497 e. The van der Waals surface area contributed by atoms with Gasteiger partial charge in [-0.2, -0.15) is 0 Å². The third-order valence-corrected chi connectivity index (χ3v) is 5.25. The molecule has 1 aliphatic heterocycles. The summed E-state index contributed by atoms with van der Waals surface area (Å²) >= 11 is 0. The van der Waals surface area contributed by atoms with Gasteiger partial charge in [0, 0.05) is 5.70 Å². The molecule has 8 nitrogen and oxygen atoms in total. The normalized spacial score (nSPS) is 15.6. The first-order chi connectivity index (χ1) is 15.9. The van der Waals surface area contributed by atoms with E-state index in [0.29, 0.717) is 34.9 Å². The monoisotopic (exact) mass is 454 g/mol. The fourth-order valence-electron chi connectivity index (χ4n) is 3.59. The average molecular weight is 455 g/mol. The van der Waals surface area contributed by atoms with Crippen LogP contribution in [0.4, 0.5) is 4.79 Å². The van der Waals surface area contributed by atoms with E-state index in [9.17, 15) is 9.59 Å². The topological polar surface area (TPSA) is 95.1 Å². The van der Waals surface area contributed by atoms with Crippen molar-refractivity contribution in [2.45, 2.75) is 33.4 Å². The molecule has 1 atom stereocenters. The van der Waals surface area contributed by atoms with Crippen LogP contribution in [0.25, 0.3) is 0 Å². The van der Waals surface area contributed by atoms with Crippen molar-refractivity contribution in [2.75, 3.05) is 20.8 Å². The van der Waals surface area contributed by atoms with E-state index in [0.717, 1.165) is 11.3 Å². The van der Waals surface area contributed by atoms with Gasteiger partial charge >= 0.3 is 12.0 Å². The Hall–Kier alpha value is -3.68. The molecule has 1 aliphatic rings. The van der Waals surface area contributed by atoms with E-state index in [2.05, 4.69) is 10.6 Å². The highest BCUT2D eigenvalue weighted by Gasteiger charge is 2.35. The van der Waals surface area contributed by atoms with Crippen molar-refractivity contribution in [3.63, 3.8) is 0 Å². The SMILES string of the molecule is CCOC(=O)C1=C(C(C)C)NC(=O)NC1c1ccc(OCc2ccc(OC)cc2)c(OC)c1. The largest absolute Gasteiger partial charge is 0.497 e. The van der Waals surface area contributed by atoms with Gasteiger partial charge in [0.05, 0.1) is 32.4 Å². The lowest BCUT2D eigenvalue weighted by molar-refractivity contribution is -0.139. The number of amides is 2. The van der Waals surface area contributed by atoms with Gasteiger partial charge in [-0.3, -0.25) is 0 Å². The van der Waals surface area contributed by atoms with Crippen molar-refractivity contribution in [1.82, 2.24) is 10.6 Å². The minimum atomic E-state index is -0.681. The molecule has 33 heavy (non-hydrogen) atoms. The summed E-state index contributed by atoms with van der Waals surface area (Å²) in [4.78, 5) is 25.1. The van der Waals surface area contributed by atoms with E-state index in [-0.39, 0.29) is 18.6 Å². The fraction of sp³-hybridized carbons (Fsp3) is 0.360. The van der Waals surface area contributed by atoms with Gasteiger partial charge in [-0.25, -0.2) is 9.59 Å². The lowest BCUT2D eigenvalue weighted by Gasteiger charge is -2.31. The number of nitrogens with one attached hydrogen (secondary N) is 2. The molecule has 8 heteroatoms. The molecule has 176 valence electrons. The first-order valence-corrected chi connectivity index (χ1v) is 10.8. The second-order valence-corrected chi connectivity index (χ2v) is 7.78. The zero-order chi connectivity index (χ0) is 24.0. The van der Waals surface area contributed by atoms with E-state index in [1.165, 1.54) is 0 Å². The molecule has 2 aromatic rings. The summed E-state index contributed by atoms with van der Waals surface area (Å²) in [6.07, 6.45) is 0. The van der Waals surface area contributed by atoms with Gasteiger partial charge in [0.1, 0.15) is 12.4 Å². The highest BCUT2D eigenvalue weighted by molar-refractivity contribution is 5.95. The standard InChI is InChI=1S/C25H30N2O6/c1-6-32-24(28)21-22(15(2)3)26-25(29)27-23(21)17-9-12-19(20(13-17)31-5)33-14-16-7-10-18(30-4)11-8-16/h7-13,15,23H,6,14H2,1-5H3,(H2,26,27,29). The zero-order valence-electron chi connectivity index (χ0n) is 19.6. The van der Waals surface area contributed by atoms with Gasteiger partial charge in [0.15, 0.2) is 11.5 Å². The van der Waals surface area contributed by atoms with Crippen LogP contribution >= 0.6 is 0 Å². The summed E-state index contributed by atoms with van der Waals surface area (Å²) in [5.74, 6) is 1.26. The Labute approximate surface area is 193 Å². The molecular formula is C25H30N2O6. The summed E-state index contributed by atoms with van der Waals surface area (Å²) in [7, 11) is 3.16. The van der Waals surface area contributed by atoms with Gasteiger partial charge in [-0.1, -0.05) is 32.0 Å². The molecule has 2 amide bonds. The Morgan fingerprint density at radius 2 is 1.76 bits per heavy atom. The highest BCUT2D eigenvalue weighted by atomic mass is 16.5. The van der Waals surface area contributed by atoms with Gasteiger partial charge < -0.3 is 29.6 Å². The van der Waals surface area contributed by atoms with E-state index in [1.54, 1.807) is 39.3 Å². The summed E-state index contributed by atoms with van der Waals surface area (Å²) in [6.45, 7) is 6.14. The number of hydrogen-bond acceptors (Lipinski definition) is 6. The van der Waals surface area contributed by atoms with Crippen LogP contribution in [0.15, 0.2) is 53.7 Å². The maximum atomic E-state index is 12.8. The van der Waals surface area contributed by atoms with Crippen molar-refractivity contribution in [3.05, 3.63) is 64.9 Å². The van der Waals surface area contributed by atoms with Gasteiger partial charge in [-0.15, -0.1) is 0 Å². The predicted octanol–water partition coefficient (Wildman–Crippen LogP) is 4.11. The van der Waals surface area contributed by atoms with E-state index in [4.69, 9.17) is 18.9 Å². The maximum Gasteiger partial charge on any atom is 0.338 e. The van der Waals surface area contributed by atoms with Crippen LogP contribution in [0, 0.1) is 5.92 Å². The molecule has 0 saturated carbocycles. The molecular weight excluding hydrogens is 424 g/mol. The molecule has 2 aromatic carbocycles. The molecule has 3 rings (SSSR count). The van der Waals surface area contributed by atoms with Gasteiger partial charge in [-0.05, 0) is 48.2 Å². The first-order valence-electron chi connectivity index (χ1n) is 10.8. The number of allylic oxidation sites excluding steroid dienone is 1. The summed E-state index contributed by atoms with van der Waals surface area (Å²) in [5.41, 5.74) is 2.57. The van der Waals surface area contributed by atoms with Crippen molar-refractivity contribution in [2.24, 2.45) is 5.92 Å². The lowest BCUT2D eigenvalue weighted by Crippen LogP contribution is -2.47. The first kappa shape index (κ1) is 24.0. The molecule has 0 bridgehead atoms. The van der Waals surface area contributed by atoms with Crippen molar-refractivity contribution < 1.29 is 28.5 Å². The number of urea groups is 1. The number of ether oxygens (including phenoxy) is 4. The fourth-order valence-corrected chi connectivity index (χ4v) is 3.59. The van der Waals surface area contributed by atoms with Crippen LogP contribution in [-0.2, 0) is 16.1 Å². The summed E-state index contributed by atoms with van der Waals surface area (Å²) in [6, 6.07) is 11.9. The predicted molar refractivity (Wildman–Crippen MR) is 123 cm³/mol. The smallest absolute Gasteiger partial charge is 0.338 e. The van der Waals surface area contributed by atoms with Crippen LogP contribution in [0.1, 0.15) is 37.9 Å². The third-order valence-electron chi connectivity index (χ3n) is 5.25. The summed E-state index contributed by atoms with van der Waals surface area (Å²) < 4.78 is 22.0. The number of carbonyl (C=O) groups is 2. The average Bonchev–Trinajstić information content (AvgIpc) is 2.82. The number of rotatable bonds is 9. The highest BCUT2D eigenvalue weighted by Crippen LogP contribution is 2.36. The Bertz CT molecular complexity index is 1030. The van der Waals surface area contributed by atoms with Crippen LogP contribution in [0.2, 0.25) is 0 Å². The number of methoxy groups -OCH3 is 2. The van der Waals surface area contributed by atoms with E-state index < -0.39 is 12.0 Å². The molecule has 1 unspecified atom stereocenters. The van der Waals surface area contributed by atoms with Crippen LogP contribution < -0.4 is 24.8 Å².